The lowest BCUT2D eigenvalue weighted by molar-refractivity contribution is 0.375. The van der Waals surface area contributed by atoms with Crippen molar-refractivity contribution in [3.8, 4) is 6.07 Å². The molecule has 0 saturated heterocycles. The van der Waals surface area contributed by atoms with Crippen LogP contribution in [0.2, 0.25) is 0 Å². The topological polar surface area (TPSA) is 135 Å². The molecular weight excluding hydrogens is 294 g/mol. The molecule has 1 heterocycles. The van der Waals surface area contributed by atoms with Crippen LogP contribution in [0.25, 0.3) is 0 Å². The molecule has 8 nitrogen and oxygen atoms in total. The molecule has 2 rings (SSSR count). The number of aryl methyl sites for hydroxylation is 1. The van der Waals surface area contributed by atoms with Crippen molar-refractivity contribution < 1.29 is 12.9 Å². The molecule has 0 bridgehead atoms. The molecule has 0 saturated carbocycles. The predicted molar refractivity (Wildman–Crippen MR) is 73.5 cm³/mol. The molecule has 1 aromatic heterocycles. The Kier molecular flexibility index (Phi) is 4.21. The average molecular weight is 307 g/mol. The molecule has 9 heteroatoms. The van der Waals surface area contributed by atoms with Gasteiger partial charge in [-0.2, -0.15) is 10.2 Å². The maximum absolute atomic E-state index is 12.1. The Morgan fingerprint density at radius 1 is 1.48 bits per heavy atom. The highest BCUT2D eigenvalue weighted by Crippen LogP contribution is 2.17. The minimum absolute atomic E-state index is 0.00358. The molecule has 0 fully saturated rings. The number of benzene rings is 1. The number of nitrogens with two attached hydrogens (primary N) is 1. The standard InChI is InChI=1S/C12H13N5O3S/c1-8-16-12(20-17-8)4-5-15-21(18,19)11-3-2-10(14)6-9(11)7-13/h2-3,6,15H,4-5,14H2,1H3. The van der Waals surface area contributed by atoms with Gasteiger partial charge in [-0.3, -0.25) is 0 Å². The summed E-state index contributed by atoms with van der Waals surface area (Å²) in [4.78, 5) is 3.86. The van der Waals surface area contributed by atoms with Gasteiger partial charge in [-0.15, -0.1) is 0 Å². The van der Waals surface area contributed by atoms with Crippen molar-refractivity contribution in [3.63, 3.8) is 0 Å². The van der Waals surface area contributed by atoms with Crippen molar-refractivity contribution in [2.45, 2.75) is 18.2 Å². The monoisotopic (exact) mass is 307 g/mol. The Labute approximate surface area is 121 Å². The van der Waals surface area contributed by atoms with Gasteiger partial charge in [-0.1, -0.05) is 5.16 Å². The highest BCUT2D eigenvalue weighted by atomic mass is 32.2. The van der Waals surface area contributed by atoms with Crippen LogP contribution in [-0.4, -0.2) is 25.1 Å². The van der Waals surface area contributed by atoms with Crippen LogP contribution in [-0.2, 0) is 16.4 Å². The second-order valence-electron chi connectivity index (χ2n) is 4.25. The number of nitriles is 1. The summed E-state index contributed by atoms with van der Waals surface area (Å²) in [6.07, 6.45) is 0.261. The number of aromatic nitrogens is 2. The van der Waals surface area contributed by atoms with Crippen LogP contribution >= 0.6 is 0 Å². The fourth-order valence-electron chi connectivity index (χ4n) is 1.68. The molecule has 2 aromatic rings. The van der Waals surface area contributed by atoms with Gasteiger partial charge in [-0.05, 0) is 25.1 Å². The minimum Gasteiger partial charge on any atom is -0.399 e. The number of nitrogens with one attached hydrogen (secondary N) is 1. The van der Waals surface area contributed by atoms with E-state index >= 15 is 0 Å². The van der Waals surface area contributed by atoms with Gasteiger partial charge in [0.1, 0.15) is 6.07 Å². The summed E-state index contributed by atoms with van der Waals surface area (Å²) in [6, 6.07) is 5.86. The largest absolute Gasteiger partial charge is 0.399 e. The third-order valence-electron chi connectivity index (χ3n) is 2.61. The summed E-state index contributed by atoms with van der Waals surface area (Å²) < 4.78 is 31.6. The van der Waals surface area contributed by atoms with Gasteiger partial charge in [0.2, 0.25) is 15.9 Å². The summed E-state index contributed by atoms with van der Waals surface area (Å²) in [5.41, 5.74) is 5.85. The zero-order valence-corrected chi connectivity index (χ0v) is 12.0. The highest BCUT2D eigenvalue weighted by molar-refractivity contribution is 7.89. The summed E-state index contributed by atoms with van der Waals surface area (Å²) in [7, 11) is -3.80. The number of nitrogens with zero attached hydrogens (tertiary/aromatic N) is 3. The molecule has 0 aliphatic heterocycles. The summed E-state index contributed by atoms with van der Waals surface area (Å²) >= 11 is 0. The lowest BCUT2D eigenvalue weighted by atomic mass is 10.2. The van der Waals surface area contributed by atoms with E-state index in [0.717, 1.165) is 0 Å². The lowest BCUT2D eigenvalue weighted by Crippen LogP contribution is -2.26. The molecular formula is C12H13N5O3S. The average Bonchev–Trinajstić information content (AvgIpc) is 2.83. The Hall–Kier alpha value is -2.44. The minimum atomic E-state index is -3.80. The predicted octanol–water partition coefficient (Wildman–Crippen LogP) is 0.353. The van der Waals surface area contributed by atoms with Crippen LogP contribution in [0.15, 0.2) is 27.6 Å². The third kappa shape index (κ3) is 3.56. The van der Waals surface area contributed by atoms with E-state index in [1.807, 2.05) is 6.07 Å². The van der Waals surface area contributed by atoms with Gasteiger partial charge in [0.05, 0.1) is 10.5 Å². The Bertz CT molecular complexity index is 791. The third-order valence-corrected chi connectivity index (χ3v) is 4.13. The second kappa shape index (κ2) is 5.90. The Morgan fingerprint density at radius 3 is 2.86 bits per heavy atom. The quantitative estimate of drug-likeness (QED) is 0.761. The smallest absolute Gasteiger partial charge is 0.241 e. The lowest BCUT2D eigenvalue weighted by Gasteiger charge is -2.07. The van der Waals surface area contributed by atoms with E-state index in [0.29, 0.717) is 17.4 Å². The van der Waals surface area contributed by atoms with Gasteiger partial charge in [0.15, 0.2) is 5.82 Å². The maximum Gasteiger partial charge on any atom is 0.241 e. The van der Waals surface area contributed by atoms with Crippen LogP contribution in [0.1, 0.15) is 17.3 Å². The van der Waals surface area contributed by atoms with Gasteiger partial charge in [0.25, 0.3) is 0 Å². The van der Waals surface area contributed by atoms with Gasteiger partial charge in [0, 0.05) is 18.7 Å². The molecule has 0 aliphatic rings. The Balaban J connectivity index is 2.10. The van der Waals surface area contributed by atoms with E-state index < -0.39 is 10.0 Å². The first kappa shape index (κ1) is 15.0. The van der Waals surface area contributed by atoms with E-state index in [1.54, 1.807) is 6.92 Å². The first-order chi connectivity index (χ1) is 9.92. The number of nitrogen functional groups attached to an aromatic ring is 1. The van der Waals surface area contributed by atoms with E-state index in [4.69, 9.17) is 15.5 Å². The van der Waals surface area contributed by atoms with Crippen LogP contribution in [0.4, 0.5) is 5.69 Å². The SMILES string of the molecule is Cc1noc(CCNS(=O)(=O)c2ccc(N)cc2C#N)n1. The van der Waals surface area contributed by atoms with E-state index in [2.05, 4.69) is 14.9 Å². The van der Waals surface area contributed by atoms with Crippen molar-refractivity contribution >= 4 is 15.7 Å². The van der Waals surface area contributed by atoms with Crippen molar-refractivity contribution in [2.75, 3.05) is 12.3 Å². The summed E-state index contributed by atoms with van der Waals surface area (Å²) in [5.74, 6) is 0.825. The number of hydrogen-bond donors (Lipinski definition) is 2. The molecule has 0 unspecified atom stereocenters. The molecule has 0 spiro atoms. The Morgan fingerprint density at radius 2 is 2.24 bits per heavy atom. The van der Waals surface area contributed by atoms with Gasteiger partial charge in [-0.25, -0.2) is 13.1 Å². The molecule has 0 amide bonds. The first-order valence-corrected chi connectivity index (χ1v) is 7.49. The molecule has 110 valence electrons. The normalized spacial score (nSPS) is 11.2. The maximum atomic E-state index is 12.1. The molecule has 0 atom stereocenters. The van der Waals surface area contributed by atoms with E-state index in [-0.39, 0.29) is 23.4 Å². The fourth-order valence-corrected chi connectivity index (χ4v) is 2.85. The van der Waals surface area contributed by atoms with Crippen molar-refractivity contribution in [2.24, 2.45) is 0 Å². The number of hydrogen-bond acceptors (Lipinski definition) is 7. The number of anilines is 1. The number of rotatable bonds is 5. The molecule has 3 N–H and O–H groups in total. The second-order valence-corrected chi connectivity index (χ2v) is 5.99. The molecule has 0 radical (unpaired) electrons. The number of sulfonamides is 1. The van der Waals surface area contributed by atoms with Crippen molar-refractivity contribution in [1.29, 1.82) is 5.26 Å². The van der Waals surface area contributed by atoms with Crippen molar-refractivity contribution in [1.82, 2.24) is 14.9 Å². The molecule has 0 aliphatic carbocycles. The molecule has 1 aromatic carbocycles. The van der Waals surface area contributed by atoms with Gasteiger partial charge < -0.3 is 10.3 Å². The first-order valence-electron chi connectivity index (χ1n) is 6.01. The van der Waals surface area contributed by atoms with E-state index in [9.17, 15) is 8.42 Å². The van der Waals surface area contributed by atoms with Gasteiger partial charge >= 0.3 is 0 Å². The zero-order chi connectivity index (χ0) is 15.5. The van der Waals surface area contributed by atoms with E-state index in [1.165, 1.54) is 18.2 Å². The van der Waals surface area contributed by atoms with Crippen LogP contribution in [0.3, 0.4) is 0 Å². The zero-order valence-electron chi connectivity index (χ0n) is 11.2. The molecule has 21 heavy (non-hydrogen) atoms. The van der Waals surface area contributed by atoms with Crippen molar-refractivity contribution in [3.05, 3.63) is 35.5 Å². The summed E-state index contributed by atoms with van der Waals surface area (Å²) in [6.45, 7) is 1.75. The highest BCUT2D eigenvalue weighted by Gasteiger charge is 2.18. The van der Waals surface area contributed by atoms with Crippen LogP contribution in [0.5, 0.6) is 0 Å². The fraction of sp³-hybridized carbons (Fsp3) is 0.250. The summed E-state index contributed by atoms with van der Waals surface area (Å²) in [5, 5.41) is 12.6. The van der Waals surface area contributed by atoms with Crippen LogP contribution < -0.4 is 10.5 Å². The van der Waals surface area contributed by atoms with Crippen LogP contribution in [0, 0.1) is 18.3 Å².